The van der Waals surface area contributed by atoms with Crippen molar-refractivity contribution in [2.75, 3.05) is 12.9 Å². The van der Waals surface area contributed by atoms with Crippen LogP contribution in [0.4, 0.5) is 0 Å². The Morgan fingerprint density at radius 2 is 1.66 bits per heavy atom. The molecule has 0 aliphatic heterocycles. The van der Waals surface area contributed by atoms with Crippen molar-refractivity contribution in [3.05, 3.63) is 102 Å². The molecule has 0 aliphatic carbocycles. The van der Waals surface area contributed by atoms with Gasteiger partial charge in [-0.05, 0) is 54.1 Å². The highest BCUT2D eigenvalue weighted by atomic mass is 32.2. The summed E-state index contributed by atoms with van der Waals surface area (Å²) < 4.78 is 30.5. The maximum atomic E-state index is 13.3. The molecule has 2 radical (unpaired) electrons. The highest BCUT2D eigenvalue weighted by Gasteiger charge is 2.40. The maximum Gasteiger partial charge on any atom is 0.297 e. The number of hydrogen-bond acceptors (Lipinski definition) is 7. The molecule has 0 bridgehead atoms. The standard InChI is InChI=1S/C24H20O5S3/c1-17-3-13-22(14-4-17)32(27,28)29-16-24(26,20-9-11-21(31-2)12-10-20)23(25)19-7-5-18(15-30)6-8-19/h1,3-15,26H,16H2,2H3. The van der Waals surface area contributed by atoms with Crippen LogP contribution in [0.15, 0.2) is 82.6 Å². The monoisotopic (exact) mass is 484 g/mol. The zero-order valence-electron chi connectivity index (χ0n) is 17.1. The molecule has 164 valence electrons. The van der Waals surface area contributed by atoms with Gasteiger partial charge in [0.2, 0.25) is 5.78 Å². The zero-order chi connectivity index (χ0) is 23.4. The molecule has 1 N–H and O–H groups in total. The van der Waals surface area contributed by atoms with Crippen LogP contribution in [0.1, 0.15) is 27.0 Å². The summed E-state index contributed by atoms with van der Waals surface area (Å²) >= 11 is 6.38. The number of benzene rings is 3. The van der Waals surface area contributed by atoms with Crippen molar-refractivity contribution in [3.8, 4) is 0 Å². The number of Topliss-reactive ketones (excluding diaryl/α,β-unsaturated/α-hetero) is 1. The SMILES string of the molecule is [CH]c1ccc(S(=O)(=O)OCC(O)(C(=O)c2ccc(C=S)cc2)c2ccc(SC)cc2)cc1. The normalized spacial score (nSPS) is 13.3. The lowest BCUT2D eigenvalue weighted by molar-refractivity contribution is 0.00407. The topological polar surface area (TPSA) is 80.7 Å². The molecule has 3 aromatic rings. The highest BCUT2D eigenvalue weighted by molar-refractivity contribution is 7.98. The third-order valence-electron chi connectivity index (χ3n) is 4.84. The first-order valence-electron chi connectivity index (χ1n) is 9.41. The van der Waals surface area contributed by atoms with Gasteiger partial charge in [-0.15, -0.1) is 11.8 Å². The van der Waals surface area contributed by atoms with Crippen LogP contribution in [0.5, 0.6) is 0 Å². The van der Waals surface area contributed by atoms with Crippen LogP contribution in [0, 0.1) is 6.92 Å². The Labute approximate surface area is 197 Å². The van der Waals surface area contributed by atoms with Gasteiger partial charge in [-0.1, -0.05) is 60.7 Å². The molecule has 0 amide bonds. The zero-order valence-corrected chi connectivity index (χ0v) is 19.5. The van der Waals surface area contributed by atoms with Gasteiger partial charge in [-0.2, -0.15) is 8.42 Å². The Morgan fingerprint density at radius 1 is 1.06 bits per heavy atom. The van der Waals surface area contributed by atoms with E-state index in [9.17, 15) is 18.3 Å². The van der Waals surface area contributed by atoms with Crippen LogP contribution in [-0.4, -0.2) is 37.5 Å². The molecule has 1 unspecified atom stereocenters. The van der Waals surface area contributed by atoms with Crippen molar-refractivity contribution in [2.24, 2.45) is 0 Å². The molecular weight excluding hydrogens is 464 g/mol. The first kappa shape index (κ1) is 24.3. The first-order valence-corrected chi connectivity index (χ1v) is 12.5. The molecule has 0 heterocycles. The van der Waals surface area contributed by atoms with Crippen molar-refractivity contribution in [1.29, 1.82) is 0 Å². The number of hydrogen-bond donors (Lipinski definition) is 1. The summed E-state index contributed by atoms with van der Waals surface area (Å²) in [6.45, 7) is 4.81. The van der Waals surface area contributed by atoms with Crippen LogP contribution in [0.25, 0.3) is 0 Å². The summed E-state index contributed by atoms with van der Waals surface area (Å²) in [7, 11) is -4.25. The maximum absolute atomic E-state index is 13.3. The molecule has 0 aliphatic rings. The molecule has 8 heteroatoms. The van der Waals surface area contributed by atoms with Gasteiger partial charge in [0.25, 0.3) is 10.1 Å². The van der Waals surface area contributed by atoms with Crippen LogP contribution in [0.3, 0.4) is 0 Å². The lowest BCUT2D eigenvalue weighted by Crippen LogP contribution is -2.41. The molecule has 0 saturated carbocycles. The quantitative estimate of drug-likeness (QED) is 0.210. The van der Waals surface area contributed by atoms with Crippen molar-refractivity contribution in [3.63, 3.8) is 0 Å². The fraction of sp³-hybridized carbons (Fsp3) is 0.125. The number of thiocarbonyl (C=S) groups is 1. The molecule has 0 spiro atoms. The van der Waals surface area contributed by atoms with Crippen LogP contribution >= 0.6 is 24.0 Å². The third-order valence-corrected chi connectivity index (χ3v) is 7.14. The molecule has 5 nitrogen and oxygen atoms in total. The predicted octanol–water partition coefficient (Wildman–Crippen LogP) is 4.29. The Balaban J connectivity index is 1.98. The summed E-state index contributed by atoms with van der Waals surface area (Å²) in [4.78, 5) is 14.1. The van der Waals surface area contributed by atoms with Crippen molar-refractivity contribution < 1.29 is 22.5 Å². The van der Waals surface area contributed by atoms with E-state index in [2.05, 4.69) is 0 Å². The molecule has 32 heavy (non-hydrogen) atoms. The number of thioether (sulfide) groups is 1. The van der Waals surface area contributed by atoms with E-state index in [0.29, 0.717) is 5.56 Å². The van der Waals surface area contributed by atoms with Gasteiger partial charge >= 0.3 is 0 Å². The molecule has 1 atom stereocenters. The lowest BCUT2D eigenvalue weighted by Gasteiger charge is -2.27. The van der Waals surface area contributed by atoms with Crippen molar-refractivity contribution in [2.45, 2.75) is 15.4 Å². The second-order valence-corrected chi connectivity index (χ2v) is 9.67. The second kappa shape index (κ2) is 10.1. The highest BCUT2D eigenvalue weighted by Crippen LogP contribution is 2.30. The van der Waals surface area contributed by atoms with Gasteiger partial charge in [0.05, 0.1) is 4.90 Å². The number of carbonyl (C=O) groups is 1. The lowest BCUT2D eigenvalue weighted by atomic mass is 9.86. The van der Waals surface area contributed by atoms with E-state index in [4.69, 9.17) is 23.3 Å². The summed E-state index contributed by atoms with van der Waals surface area (Å²) in [5, 5.41) is 12.9. The van der Waals surface area contributed by atoms with Gasteiger partial charge in [-0.3, -0.25) is 8.98 Å². The molecule has 3 aromatic carbocycles. The van der Waals surface area contributed by atoms with E-state index in [1.54, 1.807) is 36.4 Å². The molecule has 0 aromatic heterocycles. The smallest absolute Gasteiger partial charge is 0.297 e. The van der Waals surface area contributed by atoms with Gasteiger partial charge in [0.1, 0.15) is 6.61 Å². The molecule has 3 rings (SSSR count). The summed E-state index contributed by atoms with van der Waals surface area (Å²) in [5.41, 5.74) is -0.713. The van der Waals surface area contributed by atoms with Crippen LogP contribution in [-0.2, 0) is 19.9 Å². The van der Waals surface area contributed by atoms with E-state index in [1.165, 1.54) is 53.5 Å². The van der Waals surface area contributed by atoms with E-state index in [-0.39, 0.29) is 16.0 Å². The number of aliphatic hydroxyl groups is 1. The van der Waals surface area contributed by atoms with Crippen LogP contribution in [0.2, 0.25) is 0 Å². The fourth-order valence-corrected chi connectivity index (χ4v) is 4.46. The average Bonchev–Trinajstić information content (AvgIpc) is 2.82. The fourth-order valence-electron chi connectivity index (χ4n) is 2.96. The van der Waals surface area contributed by atoms with Gasteiger partial charge in [-0.25, -0.2) is 0 Å². The van der Waals surface area contributed by atoms with Gasteiger partial charge < -0.3 is 5.11 Å². The van der Waals surface area contributed by atoms with Crippen molar-refractivity contribution in [1.82, 2.24) is 0 Å². The average molecular weight is 485 g/mol. The Bertz CT molecular complexity index is 1200. The summed E-state index contributed by atoms with van der Waals surface area (Å²) in [6, 6.07) is 18.4. The molecule has 0 fully saturated rings. The minimum atomic E-state index is -4.25. The molecular formula is C24H20O5S3. The van der Waals surface area contributed by atoms with E-state index < -0.39 is 28.1 Å². The predicted molar refractivity (Wildman–Crippen MR) is 129 cm³/mol. The van der Waals surface area contributed by atoms with Crippen molar-refractivity contribution >= 4 is 45.2 Å². The first-order chi connectivity index (χ1) is 15.2. The van der Waals surface area contributed by atoms with Crippen LogP contribution < -0.4 is 0 Å². The largest absolute Gasteiger partial charge is 0.375 e. The summed E-state index contributed by atoms with van der Waals surface area (Å²) in [5.74, 6) is -0.696. The van der Waals surface area contributed by atoms with E-state index in [1.807, 2.05) is 6.26 Å². The third kappa shape index (κ3) is 5.33. The Morgan fingerprint density at radius 3 is 2.19 bits per heavy atom. The van der Waals surface area contributed by atoms with Gasteiger partial charge in [0.15, 0.2) is 5.60 Å². The number of ketones is 1. The van der Waals surface area contributed by atoms with E-state index in [0.717, 1.165) is 10.5 Å². The number of rotatable bonds is 9. The minimum Gasteiger partial charge on any atom is -0.375 e. The van der Waals surface area contributed by atoms with Gasteiger partial charge in [0, 0.05) is 15.8 Å². The summed E-state index contributed by atoms with van der Waals surface area (Å²) in [6.07, 6.45) is 1.90. The van der Waals surface area contributed by atoms with E-state index >= 15 is 0 Å². The second-order valence-electron chi connectivity index (χ2n) is 6.94. The Kier molecular flexibility index (Phi) is 7.63. The number of carbonyl (C=O) groups excluding carboxylic acids is 1. The minimum absolute atomic E-state index is 0.135. The molecule has 0 saturated heterocycles. The Hall–Kier alpha value is -2.36.